The lowest BCUT2D eigenvalue weighted by molar-refractivity contribution is -0.122. The molecule has 0 saturated carbocycles. The van der Waals surface area contributed by atoms with Crippen LogP contribution in [0, 0.1) is 0 Å². The Morgan fingerprint density at radius 3 is 2.94 bits per heavy atom. The first kappa shape index (κ1) is 9.39. The van der Waals surface area contributed by atoms with Crippen LogP contribution in [0.5, 0.6) is 0 Å². The van der Waals surface area contributed by atoms with E-state index in [1.807, 2.05) is 24.3 Å². The van der Waals surface area contributed by atoms with Crippen molar-refractivity contribution in [2.45, 2.75) is 18.9 Å². The standard InChI is InChI=1S/C12H12N2O2/c15-8-5-6-14-11(7-8)9-3-1-2-4-10(9)13-12(14)16/h1-4,11H,5-7H2,(H,13,16). The summed E-state index contributed by atoms with van der Waals surface area (Å²) in [5.74, 6) is 0.241. The third-order valence-corrected chi connectivity index (χ3v) is 3.25. The van der Waals surface area contributed by atoms with Gasteiger partial charge in [0.25, 0.3) is 0 Å². The van der Waals surface area contributed by atoms with E-state index in [0.29, 0.717) is 19.4 Å². The lowest BCUT2D eigenvalue weighted by Gasteiger charge is -2.39. The van der Waals surface area contributed by atoms with Crippen molar-refractivity contribution in [3.63, 3.8) is 0 Å². The van der Waals surface area contributed by atoms with E-state index in [1.54, 1.807) is 4.90 Å². The number of para-hydroxylation sites is 1. The number of carbonyl (C=O) groups excluding carboxylic acids is 2. The molecule has 0 aromatic heterocycles. The number of anilines is 1. The Balaban J connectivity index is 2.06. The second-order valence-electron chi connectivity index (χ2n) is 4.22. The molecular formula is C12H12N2O2. The monoisotopic (exact) mass is 216 g/mol. The van der Waals surface area contributed by atoms with Crippen LogP contribution in [0.15, 0.2) is 24.3 Å². The van der Waals surface area contributed by atoms with E-state index in [0.717, 1.165) is 11.3 Å². The number of piperidine rings is 1. The number of ketones is 1. The van der Waals surface area contributed by atoms with Gasteiger partial charge in [0.1, 0.15) is 5.78 Å². The van der Waals surface area contributed by atoms with Gasteiger partial charge >= 0.3 is 6.03 Å². The predicted molar refractivity (Wildman–Crippen MR) is 59.1 cm³/mol. The van der Waals surface area contributed by atoms with Gasteiger partial charge in [0.15, 0.2) is 0 Å². The van der Waals surface area contributed by atoms with Gasteiger partial charge in [0.2, 0.25) is 0 Å². The maximum absolute atomic E-state index is 11.8. The number of fused-ring (bicyclic) bond motifs is 3. The van der Waals surface area contributed by atoms with Crippen LogP contribution < -0.4 is 5.32 Å². The summed E-state index contributed by atoms with van der Waals surface area (Å²) < 4.78 is 0. The minimum Gasteiger partial charge on any atom is -0.317 e. The van der Waals surface area contributed by atoms with E-state index < -0.39 is 0 Å². The summed E-state index contributed by atoms with van der Waals surface area (Å²) >= 11 is 0. The lowest BCUT2D eigenvalue weighted by atomic mass is 9.92. The number of Topliss-reactive ketones (excluding diaryl/α,β-unsaturated/α-hetero) is 1. The Morgan fingerprint density at radius 1 is 1.25 bits per heavy atom. The minimum atomic E-state index is -0.0869. The van der Waals surface area contributed by atoms with Crippen molar-refractivity contribution in [1.82, 2.24) is 4.90 Å². The number of urea groups is 1. The molecule has 4 nitrogen and oxygen atoms in total. The lowest BCUT2D eigenvalue weighted by Crippen LogP contribution is -2.46. The molecule has 1 N–H and O–H groups in total. The highest BCUT2D eigenvalue weighted by atomic mass is 16.2. The number of carbonyl (C=O) groups is 2. The Labute approximate surface area is 93.2 Å². The van der Waals surface area contributed by atoms with Crippen molar-refractivity contribution in [2.24, 2.45) is 0 Å². The molecule has 1 aromatic rings. The summed E-state index contributed by atoms with van der Waals surface area (Å²) in [5.41, 5.74) is 1.89. The Morgan fingerprint density at radius 2 is 2.06 bits per heavy atom. The van der Waals surface area contributed by atoms with Crippen LogP contribution in [0.3, 0.4) is 0 Å². The Hall–Kier alpha value is -1.84. The third-order valence-electron chi connectivity index (χ3n) is 3.25. The van der Waals surface area contributed by atoms with Crippen LogP contribution >= 0.6 is 0 Å². The fraction of sp³-hybridized carbons (Fsp3) is 0.333. The van der Waals surface area contributed by atoms with Crippen molar-refractivity contribution in [3.8, 4) is 0 Å². The van der Waals surface area contributed by atoms with Crippen LogP contribution in [-0.2, 0) is 4.79 Å². The molecule has 82 valence electrons. The summed E-state index contributed by atoms with van der Waals surface area (Å²) in [6.07, 6.45) is 0.927. The molecule has 2 aliphatic heterocycles. The molecule has 2 heterocycles. The van der Waals surface area contributed by atoms with E-state index >= 15 is 0 Å². The molecule has 16 heavy (non-hydrogen) atoms. The summed E-state index contributed by atoms with van der Waals surface area (Å²) in [6.45, 7) is 0.531. The van der Waals surface area contributed by atoms with Crippen molar-refractivity contribution in [2.75, 3.05) is 11.9 Å². The molecular weight excluding hydrogens is 204 g/mol. The average Bonchev–Trinajstić information content (AvgIpc) is 2.29. The number of nitrogens with one attached hydrogen (secondary N) is 1. The van der Waals surface area contributed by atoms with Gasteiger partial charge in [-0.25, -0.2) is 4.79 Å². The molecule has 1 atom stereocenters. The van der Waals surface area contributed by atoms with Crippen LogP contribution in [0.2, 0.25) is 0 Å². The second kappa shape index (κ2) is 3.33. The van der Waals surface area contributed by atoms with Crippen LogP contribution in [-0.4, -0.2) is 23.3 Å². The molecule has 4 heteroatoms. The first-order valence-electron chi connectivity index (χ1n) is 5.44. The number of benzene rings is 1. The third kappa shape index (κ3) is 1.30. The van der Waals surface area contributed by atoms with Gasteiger partial charge in [-0.05, 0) is 11.6 Å². The fourth-order valence-corrected chi connectivity index (χ4v) is 2.44. The highest BCUT2D eigenvalue weighted by Crippen LogP contribution is 2.37. The molecule has 2 amide bonds. The van der Waals surface area contributed by atoms with Crippen molar-refractivity contribution >= 4 is 17.5 Å². The number of nitrogens with zero attached hydrogens (tertiary/aromatic N) is 1. The summed E-state index contributed by atoms with van der Waals surface area (Å²) in [7, 11) is 0. The highest BCUT2D eigenvalue weighted by molar-refractivity contribution is 5.95. The topological polar surface area (TPSA) is 49.4 Å². The van der Waals surface area contributed by atoms with Gasteiger partial charge in [-0.2, -0.15) is 0 Å². The van der Waals surface area contributed by atoms with Crippen LogP contribution in [0.1, 0.15) is 24.4 Å². The smallest absolute Gasteiger partial charge is 0.317 e. The molecule has 1 fully saturated rings. The molecule has 1 aromatic carbocycles. The predicted octanol–water partition coefficient (Wildman–Crippen LogP) is 1.94. The van der Waals surface area contributed by atoms with Gasteiger partial charge in [0.05, 0.1) is 6.04 Å². The first-order chi connectivity index (χ1) is 7.75. The SMILES string of the molecule is O=C1CCN2C(=O)Nc3ccccc3C2C1. The maximum atomic E-state index is 11.8. The average molecular weight is 216 g/mol. The van der Waals surface area contributed by atoms with Crippen LogP contribution in [0.25, 0.3) is 0 Å². The van der Waals surface area contributed by atoms with E-state index in [2.05, 4.69) is 5.32 Å². The van der Waals surface area contributed by atoms with Gasteiger partial charge in [-0.1, -0.05) is 18.2 Å². The first-order valence-corrected chi connectivity index (χ1v) is 5.44. The van der Waals surface area contributed by atoms with Crippen molar-refractivity contribution in [3.05, 3.63) is 29.8 Å². The van der Waals surface area contributed by atoms with Crippen molar-refractivity contribution < 1.29 is 9.59 Å². The van der Waals surface area contributed by atoms with Crippen LogP contribution in [0.4, 0.5) is 10.5 Å². The summed E-state index contributed by atoms with van der Waals surface area (Å²) in [6, 6.07) is 7.53. The largest absolute Gasteiger partial charge is 0.322 e. The van der Waals surface area contributed by atoms with Gasteiger partial charge in [0, 0.05) is 25.1 Å². The minimum absolute atomic E-state index is 0.0637. The molecule has 0 aliphatic carbocycles. The number of amides is 2. The molecule has 1 saturated heterocycles. The van der Waals surface area contributed by atoms with Crippen molar-refractivity contribution in [1.29, 1.82) is 0 Å². The van der Waals surface area contributed by atoms with E-state index in [9.17, 15) is 9.59 Å². The molecule has 0 radical (unpaired) electrons. The summed E-state index contributed by atoms with van der Waals surface area (Å²) in [4.78, 5) is 25.0. The van der Waals surface area contributed by atoms with E-state index in [1.165, 1.54) is 0 Å². The Bertz CT molecular complexity index is 470. The maximum Gasteiger partial charge on any atom is 0.322 e. The fourth-order valence-electron chi connectivity index (χ4n) is 2.44. The molecule has 3 rings (SSSR count). The second-order valence-corrected chi connectivity index (χ2v) is 4.22. The molecule has 2 aliphatic rings. The zero-order chi connectivity index (χ0) is 11.1. The summed E-state index contributed by atoms with van der Waals surface area (Å²) in [5, 5.41) is 2.85. The van der Waals surface area contributed by atoms with Gasteiger partial charge in [-0.15, -0.1) is 0 Å². The number of hydrogen-bond donors (Lipinski definition) is 1. The molecule has 0 spiro atoms. The normalized spacial score (nSPS) is 23.5. The van der Waals surface area contributed by atoms with E-state index in [4.69, 9.17) is 0 Å². The zero-order valence-electron chi connectivity index (χ0n) is 8.77. The Kier molecular flexibility index (Phi) is 1.96. The molecule has 0 bridgehead atoms. The quantitative estimate of drug-likeness (QED) is 0.720. The van der Waals surface area contributed by atoms with E-state index in [-0.39, 0.29) is 17.9 Å². The highest BCUT2D eigenvalue weighted by Gasteiger charge is 2.36. The molecule has 1 unspecified atom stereocenters. The number of hydrogen-bond acceptors (Lipinski definition) is 2. The number of rotatable bonds is 0. The van der Waals surface area contributed by atoms with Gasteiger partial charge in [-0.3, -0.25) is 4.79 Å². The van der Waals surface area contributed by atoms with Gasteiger partial charge < -0.3 is 10.2 Å². The zero-order valence-corrected chi connectivity index (χ0v) is 8.77.